The molecule has 1 aliphatic heterocycles. The van der Waals surface area contributed by atoms with Crippen LogP contribution in [0.2, 0.25) is 0 Å². The molecule has 1 aromatic rings. The van der Waals surface area contributed by atoms with Crippen LogP contribution in [0.15, 0.2) is 24.3 Å². The molecule has 7 heteroatoms. The topological polar surface area (TPSA) is 49.4 Å². The lowest BCUT2D eigenvalue weighted by molar-refractivity contribution is -0.137. The number of halogens is 3. The van der Waals surface area contributed by atoms with E-state index in [1.54, 1.807) is 0 Å². The van der Waals surface area contributed by atoms with Crippen molar-refractivity contribution in [3.05, 3.63) is 35.4 Å². The van der Waals surface area contributed by atoms with E-state index in [2.05, 4.69) is 5.32 Å². The first-order valence-electron chi connectivity index (χ1n) is 8.11. The van der Waals surface area contributed by atoms with Gasteiger partial charge in [-0.05, 0) is 43.5 Å². The van der Waals surface area contributed by atoms with Crippen LogP contribution in [-0.2, 0) is 11.0 Å². The van der Waals surface area contributed by atoms with Gasteiger partial charge in [-0.25, -0.2) is 0 Å². The summed E-state index contributed by atoms with van der Waals surface area (Å²) < 4.78 is 37.4. The zero-order valence-electron chi connectivity index (χ0n) is 13.4. The summed E-state index contributed by atoms with van der Waals surface area (Å²) in [6, 6.07) is 4.11. The Morgan fingerprint density at radius 3 is 2.50 bits per heavy atom. The molecule has 24 heavy (non-hydrogen) atoms. The van der Waals surface area contributed by atoms with E-state index in [9.17, 15) is 22.8 Å². The molecule has 1 aliphatic rings. The van der Waals surface area contributed by atoms with Crippen LogP contribution >= 0.6 is 0 Å². The minimum absolute atomic E-state index is 0.154. The van der Waals surface area contributed by atoms with Gasteiger partial charge in [-0.1, -0.05) is 6.42 Å². The van der Waals surface area contributed by atoms with Crippen molar-refractivity contribution < 1.29 is 22.8 Å². The first-order valence-corrected chi connectivity index (χ1v) is 8.11. The van der Waals surface area contributed by atoms with Crippen molar-refractivity contribution in [3.8, 4) is 0 Å². The molecule has 0 saturated carbocycles. The summed E-state index contributed by atoms with van der Waals surface area (Å²) in [5.41, 5.74) is -0.590. The number of hydrogen-bond donors (Lipinski definition) is 1. The van der Waals surface area contributed by atoms with Crippen molar-refractivity contribution in [2.75, 3.05) is 19.6 Å². The maximum Gasteiger partial charge on any atom is 0.416 e. The van der Waals surface area contributed by atoms with E-state index >= 15 is 0 Å². The SMILES string of the molecule is O=C(NCCCN1CCCCCC1=O)c1ccc(C(F)(F)F)cc1. The highest BCUT2D eigenvalue weighted by Crippen LogP contribution is 2.29. The van der Waals surface area contributed by atoms with E-state index in [1.165, 1.54) is 0 Å². The molecule has 1 saturated heterocycles. The third-order valence-corrected chi connectivity index (χ3v) is 4.04. The van der Waals surface area contributed by atoms with Gasteiger partial charge in [-0.3, -0.25) is 9.59 Å². The van der Waals surface area contributed by atoms with Crippen LogP contribution in [0.3, 0.4) is 0 Å². The Hall–Kier alpha value is -2.05. The molecule has 0 spiro atoms. The number of nitrogens with one attached hydrogen (secondary N) is 1. The molecule has 2 amide bonds. The molecule has 0 radical (unpaired) electrons. The van der Waals surface area contributed by atoms with E-state index in [-0.39, 0.29) is 11.5 Å². The van der Waals surface area contributed by atoms with Crippen molar-refractivity contribution in [3.63, 3.8) is 0 Å². The number of carbonyl (C=O) groups is 2. The Morgan fingerprint density at radius 2 is 1.83 bits per heavy atom. The van der Waals surface area contributed by atoms with Crippen LogP contribution < -0.4 is 5.32 Å². The highest BCUT2D eigenvalue weighted by Gasteiger charge is 2.30. The minimum Gasteiger partial charge on any atom is -0.352 e. The van der Waals surface area contributed by atoms with Crippen molar-refractivity contribution in [1.82, 2.24) is 10.2 Å². The quantitative estimate of drug-likeness (QED) is 0.835. The Labute approximate surface area is 139 Å². The lowest BCUT2D eigenvalue weighted by Crippen LogP contribution is -2.34. The van der Waals surface area contributed by atoms with Gasteiger partial charge >= 0.3 is 6.18 Å². The predicted octanol–water partition coefficient (Wildman–Crippen LogP) is 3.23. The van der Waals surface area contributed by atoms with Crippen LogP contribution in [0.1, 0.15) is 48.0 Å². The number of likely N-dealkylation sites (tertiary alicyclic amines) is 1. The second-order valence-corrected chi connectivity index (χ2v) is 5.88. The van der Waals surface area contributed by atoms with Gasteiger partial charge in [0.2, 0.25) is 5.91 Å². The zero-order chi connectivity index (χ0) is 17.6. The molecule has 0 atom stereocenters. The largest absolute Gasteiger partial charge is 0.416 e. The number of benzene rings is 1. The van der Waals surface area contributed by atoms with E-state index in [4.69, 9.17) is 0 Å². The van der Waals surface area contributed by atoms with Gasteiger partial charge in [-0.2, -0.15) is 13.2 Å². The molecule has 2 rings (SSSR count). The minimum atomic E-state index is -4.41. The lowest BCUT2D eigenvalue weighted by Gasteiger charge is -2.20. The third-order valence-electron chi connectivity index (χ3n) is 4.04. The molecule has 0 bridgehead atoms. The van der Waals surface area contributed by atoms with E-state index in [1.807, 2.05) is 4.90 Å². The number of rotatable bonds is 5. The van der Waals surface area contributed by atoms with Gasteiger partial charge in [-0.15, -0.1) is 0 Å². The molecule has 4 nitrogen and oxygen atoms in total. The van der Waals surface area contributed by atoms with Crippen molar-refractivity contribution in [2.24, 2.45) is 0 Å². The van der Waals surface area contributed by atoms with Crippen LogP contribution in [0, 0.1) is 0 Å². The molecular weight excluding hydrogens is 321 g/mol. The van der Waals surface area contributed by atoms with Crippen LogP contribution in [-0.4, -0.2) is 36.3 Å². The maximum absolute atomic E-state index is 12.5. The summed E-state index contributed by atoms with van der Waals surface area (Å²) in [5.74, 6) is -0.257. The number of carbonyl (C=O) groups excluding carboxylic acids is 2. The van der Waals surface area contributed by atoms with Crippen LogP contribution in [0.25, 0.3) is 0 Å². The summed E-state index contributed by atoms with van der Waals surface area (Å²) in [6.45, 7) is 1.72. The normalized spacial score (nSPS) is 16.0. The highest BCUT2D eigenvalue weighted by molar-refractivity contribution is 5.94. The lowest BCUT2D eigenvalue weighted by atomic mass is 10.1. The Balaban J connectivity index is 1.76. The summed E-state index contributed by atoms with van der Waals surface area (Å²) in [4.78, 5) is 25.5. The predicted molar refractivity (Wildman–Crippen MR) is 83.4 cm³/mol. The average Bonchev–Trinajstić information content (AvgIpc) is 2.75. The van der Waals surface area contributed by atoms with Gasteiger partial charge in [0.25, 0.3) is 5.91 Å². The first kappa shape index (κ1) is 18.3. The molecule has 1 fully saturated rings. The zero-order valence-corrected chi connectivity index (χ0v) is 13.4. The summed E-state index contributed by atoms with van der Waals surface area (Å²) in [6.07, 6.45) is -0.207. The van der Waals surface area contributed by atoms with E-state index < -0.39 is 17.6 Å². The molecule has 1 N–H and O–H groups in total. The van der Waals surface area contributed by atoms with Gasteiger partial charge in [0.1, 0.15) is 0 Å². The summed E-state index contributed by atoms with van der Waals surface area (Å²) >= 11 is 0. The summed E-state index contributed by atoms with van der Waals surface area (Å²) in [7, 11) is 0. The second-order valence-electron chi connectivity index (χ2n) is 5.88. The second kappa shape index (κ2) is 8.17. The standard InChI is InChI=1S/C17H21F3N2O2/c18-17(19,20)14-8-6-13(7-9-14)16(24)21-10-4-12-22-11-3-1-2-5-15(22)23/h6-9H,1-5,10-12H2,(H,21,24). The van der Waals surface area contributed by atoms with E-state index in [0.29, 0.717) is 25.9 Å². The number of nitrogens with zero attached hydrogens (tertiary/aromatic N) is 1. The number of amides is 2. The molecule has 1 heterocycles. The fraction of sp³-hybridized carbons (Fsp3) is 0.529. The average molecular weight is 342 g/mol. The number of hydrogen-bond acceptors (Lipinski definition) is 2. The fourth-order valence-electron chi connectivity index (χ4n) is 2.66. The third kappa shape index (κ3) is 5.25. The Morgan fingerprint density at radius 1 is 1.12 bits per heavy atom. The number of alkyl halides is 3. The molecule has 0 unspecified atom stereocenters. The molecule has 1 aromatic carbocycles. The molecule has 0 aliphatic carbocycles. The molecular formula is C17H21F3N2O2. The summed E-state index contributed by atoms with van der Waals surface area (Å²) in [5, 5.41) is 2.67. The first-order chi connectivity index (χ1) is 11.4. The van der Waals surface area contributed by atoms with Gasteiger partial charge in [0, 0.05) is 31.6 Å². The van der Waals surface area contributed by atoms with Crippen LogP contribution in [0.4, 0.5) is 13.2 Å². The van der Waals surface area contributed by atoms with Crippen molar-refractivity contribution in [1.29, 1.82) is 0 Å². The van der Waals surface area contributed by atoms with Crippen molar-refractivity contribution in [2.45, 2.75) is 38.3 Å². The van der Waals surface area contributed by atoms with Crippen LogP contribution in [0.5, 0.6) is 0 Å². The van der Waals surface area contributed by atoms with Gasteiger partial charge in [0.05, 0.1) is 5.56 Å². The van der Waals surface area contributed by atoms with Crippen molar-refractivity contribution >= 4 is 11.8 Å². The van der Waals surface area contributed by atoms with Gasteiger partial charge < -0.3 is 10.2 Å². The smallest absolute Gasteiger partial charge is 0.352 e. The molecule has 132 valence electrons. The highest BCUT2D eigenvalue weighted by atomic mass is 19.4. The maximum atomic E-state index is 12.5. The Kier molecular flexibility index (Phi) is 6.23. The Bertz CT molecular complexity index is 570. The fourth-order valence-corrected chi connectivity index (χ4v) is 2.66. The molecule has 0 aromatic heterocycles. The van der Waals surface area contributed by atoms with E-state index in [0.717, 1.165) is 50.1 Å². The van der Waals surface area contributed by atoms with Gasteiger partial charge in [0.15, 0.2) is 0 Å². The monoisotopic (exact) mass is 342 g/mol.